The second-order valence-corrected chi connectivity index (χ2v) is 6.24. The molecule has 0 saturated heterocycles. The minimum atomic E-state index is -0.298. The lowest BCUT2D eigenvalue weighted by Gasteiger charge is -2.04. The SMILES string of the molecule is Cc1cccc(CNC(=O)Cc2csc(-c3cccc(F)c3)n2)n1. The topological polar surface area (TPSA) is 54.9 Å². The van der Waals surface area contributed by atoms with Crippen LogP contribution in [-0.4, -0.2) is 15.9 Å². The smallest absolute Gasteiger partial charge is 0.226 e. The Morgan fingerprint density at radius 1 is 1.17 bits per heavy atom. The summed E-state index contributed by atoms with van der Waals surface area (Å²) in [5, 5.41) is 5.37. The van der Waals surface area contributed by atoms with Gasteiger partial charge in [-0.15, -0.1) is 11.3 Å². The molecule has 0 bridgehead atoms. The molecule has 3 aromatic rings. The summed E-state index contributed by atoms with van der Waals surface area (Å²) in [6.45, 7) is 2.30. The lowest BCUT2D eigenvalue weighted by Crippen LogP contribution is -2.25. The molecule has 2 heterocycles. The summed E-state index contributed by atoms with van der Waals surface area (Å²) in [4.78, 5) is 20.8. The molecule has 122 valence electrons. The highest BCUT2D eigenvalue weighted by Gasteiger charge is 2.09. The van der Waals surface area contributed by atoms with Gasteiger partial charge in [-0.1, -0.05) is 18.2 Å². The van der Waals surface area contributed by atoms with Crippen molar-refractivity contribution in [1.82, 2.24) is 15.3 Å². The van der Waals surface area contributed by atoms with Gasteiger partial charge >= 0.3 is 0 Å². The number of halogens is 1. The zero-order chi connectivity index (χ0) is 16.9. The highest BCUT2D eigenvalue weighted by Crippen LogP contribution is 2.24. The zero-order valence-corrected chi connectivity index (χ0v) is 13.9. The van der Waals surface area contributed by atoms with Crippen molar-refractivity contribution in [3.63, 3.8) is 0 Å². The van der Waals surface area contributed by atoms with Gasteiger partial charge < -0.3 is 5.32 Å². The molecule has 4 nitrogen and oxygen atoms in total. The molecular weight excluding hydrogens is 325 g/mol. The molecular formula is C18H16FN3OS. The van der Waals surface area contributed by atoms with Crippen LogP contribution in [0.25, 0.3) is 10.6 Å². The number of carbonyl (C=O) groups excluding carboxylic acids is 1. The molecule has 2 aromatic heterocycles. The van der Waals surface area contributed by atoms with Crippen molar-refractivity contribution in [2.45, 2.75) is 19.9 Å². The average molecular weight is 341 g/mol. The van der Waals surface area contributed by atoms with Crippen LogP contribution < -0.4 is 5.32 Å². The largest absolute Gasteiger partial charge is 0.350 e. The highest BCUT2D eigenvalue weighted by molar-refractivity contribution is 7.13. The number of nitrogens with one attached hydrogen (secondary N) is 1. The lowest BCUT2D eigenvalue weighted by molar-refractivity contribution is -0.120. The fourth-order valence-corrected chi connectivity index (χ4v) is 3.07. The number of nitrogens with zero attached hydrogens (tertiary/aromatic N) is 2. The zero-order valence-electron chi connectivity index (χ0n) is 13.1. The van der Waals surface area contributed by atoms with Gasteiger partial charge in [0.25, 0.3) is 0 Å². The van der Waals surface area contributed by atoms with E-state index in [1.54, 1.807) is 12.1 Å². The Hall–Kier alpha value is -2.60. The molecule has 3 rings (SSSR count). The van der Waals surface area contributed by atoms with Crippen LogP contribution in [0.2, 0.25) is 0 Å². The second kappa shape index (κ2) is 7.31. The van der Waals surface area contributed by atoms with Crippen LogP contribution in [0.4, 0.5) is 4.39 Å². The Kier molecular flexibility index (Phi) is 4.96. The number of aryl methyl sites for hydroxylation is 1. The maximum absolute atomic E-state index is 13.3. The van der Waals surface area contributed by atoms with E-state index in [0.717, 1.165) is 17.0 Å². The fraction of sp³-hybridized carbons (Fsp3) is 0.167. The molecule has 0 saturated carbocycles. The molecule has 1 amide bonds. The number of benzene rings is 1. The Morgan fingerprint density at radius 2 is 2.00 bits per heavy atom. The van der Waals surface area contributed by atoms with E-state index in [1.807, 2.05) is 30.5 Å². The number of pyridine rings is 1. The van der Waals surface area contributed by atoms with Crippen molar-refractivity contribution in [2.75, 3.05) is 0 Å². The second-order valence-electron chi connectivity index (χ2n) is 5.38. The first kappa shape index (κ1) is 16.3. The third-order valence-electron chi connectivity index (χ3n) is 3.38. The maximum Gasteiger partial charge on any atom is 0.226 e. The molecule has 0 fully saturated rings. The number of amides is 1. The minimum absolute atomic E-state index is 0.116. The van der Waals surface area contributed by atoms with Gasteiger partial charge in [-0.05, 0) is 31.2 Å². The van der Waals surface area contributed by atoms with Crippen LogP contribution in [0.5, 0.6) is 0 Å². The third kappa shape index (κ3) is 4.23. The van der Waals surface area contributed by atoms with Crippen molar-refractivity contribution in [1.29, 1.82) is 0 Å². The first-order valence-electron chi connectivity index (χ1n) is 7.50. The van der Waals surface area contributed by atoms with Crippen molar-refractivity contribution < 1.29 is 9.18 Å². The summed E-state index contributed by atoms with van der Waals surface area (Å²) in [5.41, 5.74) is 3.13. The van der Waals surface area contributed by atoms with E-state index >= 15 is 0 Å². The van der Waals surface area contributed by atoms with E-state index in [2.05, 4.69) is 15.3 Å². The van der Waals surface area contributed by atoms with Gasteiger partial charge in [0.15, 0.2) is 0 Å². The van der Waals surface area contributed by atoms with Crippen molar-refractivity contribution in [3.05, 3.63) is 70.7 Å². The van der Waals surface area contributed by atoms with Gasteiger partial charge in [0.2, 0.25) is 5.91 Å². The number of thiazole rings is 1. The van der Waals surface area contributed by atoms with Crippen LogP contribution in [0.3, 0.4) is 0 Å². The Labute approximate surface area is 143 Å². The monoisotopic (exact) mass is 341 g/mol. The Balaban J connectivity index is 1.59. The molecule has 0 aliphatic heterocycles. The number of carbonyl (C=O) groups is 1. The molecule has 24 heavy (non-hydrogen) atoms. The quantitative estimate of drug-likeness (QED) is 0.773. The predicted octanol–water partition coefficient (Wildman–Crippen LogP) is 3.51. The Morgan fingerprint density at radius 3 is 2.79 bits per heavy atom. The van der Waals surface area contributed by atoms with E-state index < -0.39 is 0 Å². The Bertz CT molecular complexity index is 863. The molecule has 0 radical (unpaired) electrons. The van der Waals surface area contributed by atoms with E-state index in [9.17, 15) is 9.18 Å². The van der Waals surface area contributed by atoms with Crippen molar-refractivity contribution in [3.8, 4) is 10.6 Å². The average Bonchev–Trinajstić information content (AvgIpc) is 3.01. The van der Waals surface area contributed by atoms with Crippen LogP contribution in [0, 0.1) is 12.7 Å². The predicted molar refractivity (Wildman–Crippen MR) is 92.0 cm³/mol. The van der Waals surface area contributed by atoms with E-state index in [4.69, 9.17) is 0 Å². The normalized spacial score (nSPS) is 10.6. The van der Waals surface area contributed by atoms with Gasteiger partial charge in [-0.2, -0.15) is 0 Å². The van der Waals surface area contributed by atoms with Crippen LogP contribution in [0.15, 0.2) is 47.8 Å². The molecule has 1 N–H and O–H groups in total. The van der Waals surface area contributed by atoms with E-state index in [0.29, 0.717) is 17.2 Å². The van der Waals surface area contributed by atoms with E-state index in [-0.39, 0.29) is 18.1 Å². The summed E-state index contributed by atoms with van der Waals surface area (Å²) in [7, 11) is 0. The van der Waals surface area contributed by atoms with Crippen molar-refractivity contribution >= 4 is 17.2 Å². The maximum atomic E-state index is 13.3. The van der Waals surface area contributed by atoms with Gasteiger partial charge in [0.05, 0.1) is 24.4 Å². The molecule has 6 heteroatoms. The van der Waals surface area contributed by atoms with Gasteiger partial charge in [-0.25, -0.2) is 9.37 Å². The van der Waals surface area contributed by atoms with Gasteiger partial charge in [-0.3, -0.25) is 9.78 Å². The molecule has 0 aliphatic carbocycles. The van der Waals surface area contributed by atoms with Gasteiger partial charge in [0.1, 0.15) is 10.8 Å². The number of rotatable bonds is 5. The van der Waals surface area contributed by atoms with Gasteiger partial charge in [0, 0.05) is 16.6 Å². The molecule has 0 atom stereocenters. The summed E-state index contributed by atoms with van der Waals surface area (Å²) in [6.07, 6.45) is 0.192. The molecule has 0 spiro atoms. The first-order valence-corrected chi connectivity index (χ1v) is 8.38. The summed E-state index contributed by atoms with van der Waals surface area (Å²) in [6, 6.07) is 12.0. The fourth-order valence-electron chi connectivity index (χ4n) is 2.26. The van der Waals surface area contributed by atoms with Crippen LogP contribution >= 0.6 is 11.3 Å². The number of hydrogen-bond acceptors (Lipinski definition) is 4. The standard InChI is InChI=1S/C18H16FN3OS/c1-12-4-2-7-15(21-12)10-20-17(23)9-16-11-24-18(22-16)13-5-3-6-14(19)8-13/h2-8,11H,9-10H2,1H3,(H,20,23). The minimum Gasteiger partial charge on any atom is -0.350 e. The summed E-state index contributed by atoms with van der Waals surface area (Å²) >= 11 is 1.40. The molecule has 1 aromatic carbocycles. The van der Waals surface area contributed by atoms with Crippen LogP contribution in [0.1, 0.15) is 17.1 Å². The first-order chi connectivity index (χ1) is 11.6. The summed E-state index contributed by atoms with van der Waals surface area (Å²) in [5.74, 6) is -0.415. The molecule has 0 aliphatic rings. The lowest BCUT2D eigenvalue weighted by atomic mass is 10.2. The highest BCUT2D eigenvalue weighted by atomic mass is 32.1. The van der Waals surface area contributed by atoms with E-state index in [1.165, 1.54) is 23.5 Å². The van der Waals surface area contributed by atoms with Crippen molar-refractivity contribution in [2.24, 2.45) is 0 Å². The summed E-state index contributed by atoms with van der Waals surface area (Å²) < 4.78 is 13.3. The molecule has 0 unspecified atom stereocenters. The number of hydrogen-bond donors (Lipinski definition) is 1. The van der Waals surface area contributed by atoms with Crippen LogP contribution in [-0.2, 0) is 17.8 Å². The number of aromatic nitrogens is 2. The third-order valence-corrected chi connectivity index (χ3v) is 4.32.